The molecule has 0 spiro atoms. The maximum absolute atomic E-state index is 2.83. The number of hydrogen-bond acceptors (Lipinski definition) is 1. The van der Waals surface area contributed by atoms with Gasteiger partial charge in [-0.15, -0.1) is 0 Å². The van der Waals surface area contributed by atoms with E-state index in [0.717, 1.165) is 29.1 Å². The van der Waals surface area contributed by atoms with Crippen LogP contribution in [0.4, 0.5) is 0 Å². The minimum atomic E-state index is 0.334. The topological polar surface area (TPSA) is 3.24 Å². The number of nitrogens with zero attached hydrogens (tertiary/aromatic N) is 1. The van der Waals surface area contributed by atoms with Gasteiger partial charge in [0, 0.05) is 18.5 Å². The molecule has 0 amide bonds. The summed E-state index contributed by atoms with van der Waals surface area (Å²) in [6.07, 6.45) is 12.2. The Morgan fingerprint density at radius 3 is 2.15 bits per heavy atom. The number of hydrogen-bond donors (Lipinski definition) is 0. The molecule has 0 aromatic heterocycles. The Bertz CT molecular complexity index is 600. The maximum Gasteiger partial charge on any atom is 0.00762 e. The summed E-state index contributed by atoms with van der Waals surface area (Å²) in [6.45, 7) is 8.90. The van der Waals surface area contributed by atoms with Gasteiger partial charge in [0.2, 0.25) is 0 Å². The molecule has 4 aliphatic carbocycles. The van der Waals surface area contributed by atoms with Crippen LogP contribution in [0, 0.1) is 29.1 Å². The standard InChI is InChI=1S/C25H37N/c1-19-13-24(2,23-6-4-3-5-7-23)18-26(17-19)9-8-25-14-20-10-21(15-25)12-22(11-20)16-25/h3-7,19-22H,8-18H2,1-2H3. The van der Waals surface area contributed by atoms with Crippen molar-refractivity contribution < 1.29 is 0 Å². The van der Waals surface area contributed by atoms with Crippen LogP contribution in [0.15, 0.2) is 30.3 Å². The van der Waals surface area contributed by atoms with Crippen molar-refractivity contribution >= 4 is 0 Å². The van der Waals surface area contributed by atoms with Crippen molar-refractivity contribution in [1.82, 2.24) is 4.90 Å². The van der Waals surface area contributed by atoms with E-state index in [2.05, 4.69) is 49.1 Å². The third-order valence-electron chi connectivity index (χ3n) is 8.54. The maximum atomic E-state index is 2.83. The van der Waals surface area contributed by atoms with Crippen molar-refractivity contribution in [1.29, 1.82) is 0 Å². The summed E-state index contributed by atoms with van der Waals surface area (Å²) in [7, 11) is 0. The molecule has 1 heteroatoms. The normalized spacial score (nSPS) is 45.2. The van der Waals surface area contributed by atoms with Gasteiger partial charge < -0.3 is 4.90 Å². The van der Waals surface area contributed by atoms with Crippen molar-refractivity contribution in [2.75, 3.05) is 19.6 Å². The Kier molecular flexibility index (Phi) is 4.23. The molecule has 2 unspecified atom stereocenters. The van der Waals surface area contributed by atoms with Crippen molar-refractivity contribution in [3.63, 3.8) is 0 Å². The van der Waals surface area contributed by atoms with Crippen LogP contribution >= 0.6 is 0 Å². The van der Waals surface area contributed by atoms with Gasteiger partial charge >= 0.3 is 0 Å². The first-order valence-corrected chi connectivity index (χ1v) is 11.3. The first kappa shape index (κ1) is 17.3. The zero-order chi connectivity index (χ0) is 17.8. The van der Waals surface area contributed by atoms with E-state index < -0.39 is 0 Å². The smallest absolute Gasteiger partial charge is 0.00762 e. The lowest BCUT2D eigenvalue weighted by Gasteiger charge is -2.57. The van der Waals surface area contributed by atoms with E-state index in [4.69, 9.17) is 0 Å². The molecule has 1 aliphatic heterocycles. The van der Waals surface area contributed by atoms with E-state index >= 15 is 0 Å². The summed E-state index contributed by atoms with van der Waals surface area (Å²) in [5, 5.41) is 0. The number of rotatable bonds is 4. The van der Waals surface area contributed by atoms with Gasteiger partial charge in [0.05, 0.1) is 0 Å². The Morgan fingerprint density at radius 1 is 0.923 bits per heavy atom. The monoisotopic (exact) mass is 351 g/mol. The minimum absolute atomic E-state index is 0.334. The molecule has 0 radical (unpaired) electrons. The summed E-state index contributed by atoms with van der Waals surface area (Å²) in [5.74, 6) is 4.09. The van der Waals surface area contributed by atoms with E-state index in [9.17, 15) is 0 Å². The SMILES string of the molecule is CC1CN(CCC23CC4CC(CC(C4)C2)C3)CC(C)(c2ccccc2)C1. The van der Waals surface area contributed by atoms with Crippen LogP contribution in [0.1, 0.15) is 70.8 Å². The molecule has 142 valence electrons. The van der Waals surface area contributed by atoms with Crippen LogP contribution in [-0.4, -0.2) is 24.5 Å². The quantitative estimate of drug-likeness (QED) is 0.653. The van der Waals surface area contributed by atoms with Gasteiger partial charge in [0.25, 0.3) is 0 Å². The van der Waals surface area contributed by atoms with E-state index in [0.29, 0.717) is 5.41 Å². The molecule has 4 bridgehead atoms. The Morgan fingerprint density at radius 2 is 1.54 bits per heavy atom. The van der Waals surface area contributed by atoms with Crippen LogP contribution in [0.25, 0.3) is 0 Å². The highest BCUT2D eigenvalue weighted by molar-refractivity contribution is 5.26. The van der Waals surface area contributed by atoms with Gasteiger partial charge in [-0.25, -0.2) is 0 Å². The first-order chi connectivity index (χ1) is 12.5. The highest BCUT2D eigenvalue weighted by Gasteiger charge is 2.50. The fourth-order valence-electron chi connectivity index (χ4n) is 8.11. The largest absolute Gasteiger partial charge is 0.302 e. The molecule has 6 rings (SSSR count). The number of piperidine rings is 1. The van der Waals surface area contributed by atoms with Crippen LogP contribution in [-0.2, 0) is 5.41 Å². The van der Waals surface area contributed by atoms with Gasteiger partial charge in [-0.3, -0.25) is 0 Å². The second kappa shape index (κ2) is 6.36. The van der Waals surface area contributed by atoms with Gasteiger partial charge in [-0.05, 0) is 92.6 Å². The third-order valence-corrected chi connectivity index (χ3v) is 8.54. The summed E-state index contributed by atoms with van der Waals surface area (Å²) in [4.78, 5) is 2.83. The van der Waals surface area contributed by atoms with Gasteiger partial charge in [-0.2, -0.15) is 0 Å². The third kappa shape index (κ3) is 3.15. The van der Waals surface area contributed by atoms with E-state index in [1.54, 1.807) is 44.1 Å². The molecule has 1 heterocycles. The zero-order valence-corrected chi connectivity index (χ0v) is 16.9. The summed E-state index contributed by atoms with van der Waals surface area (Å²) < 4.78 is 0. The average Bonchev–Trinajstić information content (AvgIpc) is 2.59. The van der Waals surface area contributed by atoms with E-state index in [1.807, 2.05) is 0 Å². The Hall–Kier alpha value is -0.820. The molecular weight excluding hydrogens is 314 g/mol. The summed E-state index contributed by atoms with van der Waals surface area (Å²) in [6, 6.07) is 11.3. The predicted octanol–water partition coefficient (Wildman–Crippen LogP) is 5.89. The van der Waals surface area contributed by atoms with Gasteiger partial charge in [-0.1, -0.05) is 44.2 Å². The molecule has 1 aromatic rings. The lowest BCUT2D eigenvalue weighted by Crippen LogP contribution is -2.51. The molecule has 1 aromatic carbocycles. The highest BCUT2D eigenvalue weighted by Crippen LogP contribution is 2.61. The molecule has 26 heavy (non-hydrogen) atoms. The highest BCUT2D eigenvalue weighted by atomic mass is 15.1. The van der Waals surface area contributed by atoms with Crippen LogP contribution in [0.5, 0.6) is 0 Å². The Balaban J connectivity index is 1.27. The van der Waals surface area contributed by atoms with E-state index in [1.165, 1.54) is 32.5 Å². The zero-order valence-electron chi connectivity index (χ0n) is 16.9. The van der Waals surface area contributed by atoms with E-state index in [-0.39, 0.29) is 0 Å². The van der Waals surface area contributed by atoms with Crippen LogP contribution in [0.3, 0.4) is 0 Å². The summed E-state index contributed by atoms with van der Waals surface area (Å²) >= 11 is 0. The first-order valence-electron chi connectivity index (χ1n) is 11.3. The number of likely N-dealkylation sites (tertiary alicyclic amines) is 1. The average molecular weight is 352 g/mol. The molecule has 1 saturated heterocycles. The van der Waals surface area contributed by atoms with Crippen molar-refractivity contribution in [2.45, 2.75) is 70.6 Å². The number of benzene rings is 1. The Labute approximate surface area is 160 Å². The molecule has 2 atom stereocenters. The minimum Gasteiger partial charge on any atom is -0.302 e. The van der Waals surface area contributed by atoms with Crippen molar-refractivity contribution in [3.8, 4) is 0 Å². The molecular formula is C25H37N. The molecule has 4 saturated carbocycles. The fourth-order valence-corrected chi connectivity index (χ4v) is 8.11. The van der Waals surface area contributed by atoms with Gasteiger partial charge in [0.1, 0.15) is 0 Å². The summed E-state index contributed by atoms with van der Waals surface area (Å²) in [5.41, 5.74) is 2.62. The molecule has 0 N–H and O–H groups in total. The van der Waals surface area contributed by atoms with Crippen molar-refractivity contribution in [3.05, 3.63) is 35.9 Å². The lowest BCUT2D eigenvalue weighted by molar-refractivity contribution is -0.0633. The van der Waals surface area contributed by atoms with Gasteiger partial charge in [0.15, 0.2) is 0 Å². The fraction of sp³-hybridized carbons (Fsp3) is 0.760. The predicted molar refractivity (Wildman–Crippen MR) is 109 cm³/mol. The molecule has 5 fully saturated rings. The second-order valence-electron chi connectivity index (χ2n) is 11.1. The molecule has 5 aliphatic rings. The van der Waals surface area contributed by atoms with Crippen LogP contribution in [0.2, 0.25) is 0 Å². The second-order valence-corrected chi connectivity index (χ2v) is 11.1. The molecule has 1 nitrogen and oxygen atoms in total. The lowest BCUT2D eigenvalue weighted by atomic mass is 9.49. The van der Waals surface area contributed by atoms with Crippen molar-refractivity contribution in [2.24, 2.45) is 29.1 Å². The van der Waals surface area contributed by atoms with Crippen LogP contribution < -0.4 is 0 Å².